The quantitative estimate of drug-likeness (QED) is 0.741. The van der Waals surface area contributed by atoms with E-state index in [1.807, 2.05) is 6.92 Å². The summed E-state index contributed by atoms with van der Waals surface area (Å²) in [4.78, 5) is 30.8. The molecule has 2 heterocycles. The second-order valence-electron chi connectivity index (χ2n) is 8.99. The summed E-state index contributed by atoms with van der Waals surface area (Å²) in [7, 11) is 0. The number of aryl methyl sites for hydroxylation is 1. The van der Waals surface area contributed by atoms with Gasteiger partial charge in [-0.15, -0.1) is 0 Å². The summed E-state index contributed by atoms with van der Waals surface area (Å²) in [5.74, 6) is 0.707. The molecule has 1 saturated heterocycles. The number of amides is 1. The van der Waals surface area contributed by atoms with Crippen molar-refractivity contribution in [1.29, 1.82) is 0 Å². The summed E-state index contributed by atoms with van der Waals surface area (Å²) in [5, 5.41) is 12.9. The van der Waals surface area contributed by atoms with Gasteiger partial charge in [-0.3, -0.25) is 9.59 Å². The number of piperidine rings is 1. The van der Waals surface area contributed by atoms with E-state index in [1.54, 1.807) is 0 Å². The first-order chi connectivity index (χ1) is 13.5. The molecule has 3 N–H and O–H groups in total. The zero-order valence-electron chi connectivity index (χ0n) is 16.9. The number of aromatic nitrogens is 1. The van der Waals surface area contributed by atoms with Crippen LogP contribution in [0.25, 0.3) is 0 Å². The number of hydrogen-bond donors (Lipinski definition) is 3. The minimum Gasteiger partial charge on any atom is -0.393 e. The fraction of sp³-hybridized carbons (Fsp3) is 0.727. The van der Waals surface area contributed by atoms with Gasteiger partial charge in [-0.25, -0.2) is 0 Å². The van der Waals surface area contributed by atoms with Crippen molar-refractivity contribution in [2.75, 3.05) is 19.6 Å². The molecular weight excluding hydrogens is 354 g/mol. The van der Waals surface area contributed by atoms with E-state index in [0.29, 0.717) is 18.0 Å². The maximum absolute atomic E-state index is 12.9. The van der Waals surface area contributed by atoms with Crippen molar-refractivity contribution in [3.8, 4) is 0 Å². The van der Waals surface area contributed by atoms with Crippen molar-refractivity contribution in [3.05, 3.63) is 22.5 Å². The number of aromatic amines is 1. The van der Waals surface area contributed by atoms with Gasteiger partial charge in [0.15, 0.2) is 5.78 Å². The van der Waals surface area contributed by atoms with Crippen molar-refractivity contribution in [2.24, 2.45) is 5.92 Å². The summed E-state index contributed by atoms with van der Waals surface area (Å²) in [5.41, 5.74) is 3.08. The number of ketones is 1. The minimum atomic E-state index is -0.128. The fourth-order valence-electron chi connectivity index (χ4n) is 5.31. The lowest BCUT2D eigenvalue weighted by molar-refractivity contribution is 0.0679. The highest BCUT2D eigenvalue weighted by molar-refractivity contribution is 6.04. The van der Waals surface area contributed by atoms with Crippen LogP contribution < -0.4 is 5.32 Å². The van der Waals surface area contributed by atoms with Crippen LogP contribution in [-0.4, -0.2) is 58.5 Å². The van der Waals surface area contributed by atoms with Gasteiger partial charge in [0.1, 0.15) is 5.69 Å². The van der Waals surface area contributed by atoms with E-state index >= 15 is 0 Å². The Bertz CT molecular complexity index is 734. The molecule has 6 heteroatoms. The maximum Gasteiger partial charge on any atom is 0.268 e. The highest BCUT2D eigenvalue weighted by Crippen LogP contribution is 2.29. The molecule has 0 unspecified atom stereocenters. The van der Waals surface area contributed by atoms with Gasteiger partial charge in [-0.05, 0) is 63.4 Å². The number of likely N-dealkylation sites (tertiary alicyclic amines) is 1. The lowest BCUT2D eigenvalue weighted by Crippen LogP contribution is -2.43. The number of rotatable bonds is 4. The largest absolute Gasteiger partial charge is 0.393 e. The van der Waals surface area contributed by atoms with Crippen LogP contribution in [0.2, 0.25) is 0 Å². The number of H-pyrrole nitrogens is 1. The number of carbonyl (C=O) groups excluding carboxylic acids is 2. The molecule has 2 atom stereocenters. The average molecular weight is 388 g/mol. The first-order valence-corrected chi connectivity index (χ1v) is 11.0. The van der Waals surface area contributed by atoms with Gasteiger partial charge in [0.05, 0.1) is 6.10 Å². The van der Waals surface area contributed by atoms with Crippen LogP contribution >= 0.6 is 0 Å². The first kappa shape index (κ1) is 19.6. The Kier molecular flexibility index (Phi) is 5.88. The van der Waals surface area contributed by atoms with Gasteiger partial charge in [-0.1, -0.05) is 6.42 Å². The molecule has 1 amide bonds. The van der Waals surface area contributed by atoms with E-state index in [-0.39, 0.29) is 23.8 Å². The molecular formula is C22H33N3O3. The molecule has 154 valence electrons. The smallest absolute Gasteiger partial charge is 0.268 e. The Morgan fingerprint density at radius 3 is 2.71 bits per heavy atom. The van der Waals surface area contributed by atoms with Crippen molar-refractivity contribution in [2.45, 2.75) is 76.9 Å². The van der Waals surface area contributed by atoms with Crippen LogP contribution in [0.1, 0.15) is 83.5 Å². The number of nitrogens with zero attached hydrogens (tertiary/aromatic N) is 1. The normalized spacial score (nSPS) is 26.9. The Balaban J connectivity index is 1.35. The molecule has 6 nitrogen and oxygen atoms in total. The van der Waals surface area contributed by atoms with E-state index in [9.17, 15) is 14.7 Å². The summed E-state index contributed by atoms with van der Waals surface area (Å²) >= 11 is 0. The Morgan fingerprint density at radius 2 is 1.96 bits per heavy atom. The third-order valence-corrected chi connectivity index (χ3v) is 6.86. The van der Waals surface area contributed by atoms with E-state index in [2.05, 4.69) is 15.2 Å². The minimum absolute atomic E-state index is 0.0635. The molecule has 0 aromatic carbocycles. The highest BCUT2D eigenvalue weighted by atomic mass is 16.3. The fourth-order valence-corrected chi connectivity index (χ4v) is 5.31. The van der Waals surface area contributed by atoms with Gasteiger partial charge in [0, 0.05) is 43.4 Å². The molecule has 1 saturated carbocycles. The van der Waals surface area contributed by atoms with Crippen molar-refractivity contribution in [1.82, 2.24) is 15.2 Å². The zero-order chi connectivity index (χ0) is 19.7. The topological polar surface area (TPSA) is 85.4 Å². The van der Waals surface area contributed by atoms with E-state index in [1.165, 1.54) is 6.42 Å². The second kappa shape index (κ2) is 8.37. The molecule has 2 aliphatic carbocycles. The molecule has 3 aliphatic rings. The molecule has 0 bridgehead atoms. The van der Waals surface area contributed by atoms with E-state index in [4.69, 9.17) is 0 Å². The highest BCUT2D eigenvalue weighted by Gasteiger charge is 2.30. The van der Waals surface area contributed by atoms with Crippen LogP contribution in [0.3, 0.4) is 0 Å². The molecule has 0 spiro atoms. The molecule has 4 rings (SSSR count). The standard InChI is InChI=1S/C22H33N3O3/c1-14-20-18(6-3-7-19(20)27)24-21(14)22(28)23-16-5-2-4-15(12-16)13-25-10-8-17(26)9-11-25/h15-17,24,26H,2-13H2,1H3,(H,23,28)/t15-,16-/m1/s1. The number of aliphatic hydroxyl groups is 1. The molecule has 1 aromatic rings. The summed E-state index contributed by atoms with van der Waals surface area (Å²) in [6.45, 7) is 4.93. The molecule has 0 radical (unpaired) electrons. The summed E-state index contributed by atoms with van der Waals surface area (Å²) < 4.78 is 0. The number of aliphatic hydroxyl groups excluding tert-OH is 1. The van der Waals surface area contributed by atoms with Gasteiger partial charge in [0.25, 0.3) is 5.91 Å². The van der Waals surface area contributed by atoms with Gasteiger partial charge >= 0.3 is 0 Å². The predicted molar refractivity (Wildman–Crippen MR) is 108 cm³/mol. The molecule has 28 heavy (non-hydrogen) atoms. The van der Waals surface area contributed by atoms with Crippen molar-refractivity contribution >= 4 is 11.7 Å². The van der Waals surface area contributed by atoms with E-state index in [0.717, 1.165) is 81.4 Å². The Labute approximate surface area is 167 Å². The van der Waals surface area contributed by atoms with Gasteiger partial charge in [-0.2, -0.15) is 0 Å². The van der Waals surface area contributed by atoms with Crippen LogP contribution in [-0.2, 0) is 6.42 Å². The Hall–Kier alpha value is -1.66. The third kappa shape index (κ3) is 4.18. The number of fused-ring (bicyclic) bond motifs is 1. The van der Waals surface area contributed by atoms with Crippen molar-refractivity contribution < 1.29 is 14.7 Å². The maximum atomic E-state index is 12.9. The number of carbonyl (C=O) groups is 2. The molecule has 1 aromatic heterocycles. The SMILES string of the molecule is Cc1c(C(=O)N[C@@H]2CCC[C@@H](CN3CCC(O)CC3)C2)[nH]c2c1C(=O)CCC2. The predicted octanol–water partition coefficient (Wildman–Crippen LogP) is 2.59. The lowest BCUT2D eigenvalue weighted by atomic mass is 9.85. The number of hydrogen-bond acceptors (Lipinski definition) is 4. The Morgan fingerprint density at radius 1 is 1.18 bits per heavy atom. The van der Waals surface area contributed by atoms with Crippen LogP contribution in [0.15, 0.2) is 0 Å². The third-order valence-electron chi connectivity index (χ3n) is 6.86. The summed E-state index contributed by atoms with van der Waals surface area (Å²) in [6, 6.07) is 0.206. The second-order valence-corrected chi connectivity index (χ2v) is 8.99. The van der Waals surface area contributed by atoms with Gasteiger partial charge < -0.3 is 20.3 Å². The van der Waals surface area contributed by atoms with Crippen LogP contribution in [0.5, 0.6) is 0 Å². The lowest BCUT2D eigenvalue weighted by Gasteiger charge is -2.36. The number of Topliss-reactive ketones (excluding diaryl/α,β-unsaturated/α-hetero) is 1. The van der Waals surface area contributed by atoms with Crippen LogP contribution in [0, 0.1) is 12.8 Å². The average Bonchev–Trinajstić information content (AvgIpc) is 3.02. The summed E-state index contributed by atoms with van der Waals surface area (Å²) in [6.07, 6.45) is 8.34. The zero-order valence-corrected chi connectivity index (χ0v) is 16.9. The van der Waals surface area contributed by atoms with Gasteiger partial charge in [0.2, 0.25) is 0 Å². The van der Waals surface area contributed by atoms with Crippen LogP contribution in [0.4, 0.5) is 0 Å². The van der Waals surface area contributed by atoms with Crippen molar-refractivity contribution in [3.63, 3.8) is 0 Å². The number of nitrogens with one attached hydrogen (secondary N) is 2. The molecule has 1 aliphatic heterocycles. The molecule has 2 fully saturated rings. The van der Waals surface area contributed by atoms with E-state index < -0.39 is 0 Å². The first-order valence-electron chi connectivity index (χ1n) is 11.0. The monoisotopic (exact) mass is 387 g/mol.